The highest BCUT2D eigenvalue weighted by Gasteiger charge is 2.27. The SMILES string of the molecule is C[C@@H]1CCC[C@@H](C)N1C[C@H](O)CON=C1c2ccccc2-c2ccccc21. The first-order chi connectivity index (χ1) is 13.1. The lowest BCUT2D eigenvalue weighted by molar-refractivity contribution is -0.00746. The second kappa shape index (κ2) is 7.83. The van der Waals surface area contributed by atoms with Gasteiger partial charge in [-0.25, -0.2) is 0 Å². The Balaban J connectivity index is 1.44. The number of fused-ring (bicyclic) bond motifs is 3. The zero-order valence-corrected chi connectivity index (χ0v) is 16.1. The van der Waals surface area contributed by atoms with E-state index in [1.165, 1.54) is 30.4 Å². The predicted octanol–water partition coefficient (Wildman–Crippen LogP) is 4.06. The summed E-state index contributed by atoms with van der Waals surface area (Å²) < 4.78 is 0. The molecule has 4 rings (SSSR count). The van der Waals surface area contributed by atoms with Gasteiger partial charge in [-0.3, -0.25) is 4.90 Å². The molecular weight excluding hydrogens is 336 g/mol. The second-order valence-electron chi connectivity index (χ2n) is 7.81. The molecule has 142 valence electrons. The molecule has 1 saturated heterocycles. The van der Waals surface area contributed by atoms with Crippen molar-refractivity contribution < 1.29 is 9.94 Å². The molecule has 2 aromatic carbocycles. The van der Waals surface area contributed by atoms with Gasteiger partial charge in [0.2, 0.25) is 0 Å². The van der Waals surface area contributed by atoms with E-state index in [1.807, 2.05) is 24.3 Å². The van der Waals surface area contributed by atoms with E-state index in [1.54, 1.807) is 0 Å². The van der Waals surface area contributed by atoms with Crippen LogP contribution in [0.3, 0.4) is 0 Å². The Morgan fingerprint density at radius 1 is 0.963 bits per heavy atom. The van der Waals surface area contributed by atoms with Crippen LogP contribution in [0.1, 0.15) is 44.2 Å². The molecule has 2 aromatic rings. The fourth-order valence-electron chi connectivity index (χ4n) is 4.41. The number of likely N-dealkylation sites (tertiary alicyclic amines) is 1. The molecule has 1 N–H and O–H groups in total. The molecule has 0 unspecified atom stereocenters. The van der Waals surface area contributed by atoms with Crippen LogP contribution in [0.5, 0.6) is 0 Å². The molecule has 4 nitrogen and oxygen atoms in total. The highest BCUT2D eigenvalue weighted by atomic mass is 16.6. The van der Waals surface area contributed by atoms with Crippen molar-refractivity contribution >= 4 is 5.71 Å². The van der Waals surface area contributed by atoms with Crippen LogP contribution in [0.15, 0.2) is 53.7 Å². The van der Waals surface area contributed by atoms with Gasteiger partial charge in [-0.1, -0.05) is 60.1 Å². The van der Waals surface area contributed by atoms with E-state index in [4.69, 9.17) is 4.84 Å². The number of β-amino-alcohol motifs (C(OH)–C–C–N with tert-alkyl or cyclic N) is 1. The molecule has 4 heteroatoms. The van der Waals surface area contributed by atoms with Crippen molar-refractivity contribution in [1.82, 2.24) is 4.90 Å². The maximum absolute atomic E-state index is 10.5. The van der Waals surface area contributed by atoms with Gasteiger partial charge in [0.25, 0.3) is 0 Å². The lowest BCUT2D eigenvalue weighted by atomic mass is 9.97. The maximum atomic E-state index is 10.5. The smallest absolute Gasteiger partial charge is 0.144 e. The summed E-state index contributed by atoms with van der Waals surface area (Å²) in [6, 6.07) is 17.5. The summed E-state index contributed by atoms with van der Waals surface area (Å²) in [5, 5.41) is 14.9. The van der Waals surface area contributed by atoms with E-state index >= 15 is 0 Å². The number of rotatable bonds is 5. The number of oxime groups is 1. The van der Waals surface area contributed by atoms with E-state index in [-0.39, 0.29) is 6.61 Å². The highest BCUT2D eigenvalue weighted by Crippen LogP contribution is 2.36. The Bertz CT molecular complexity index is 775. The van der Waals surface area contributed by atoms with Gasteiger partial charge in [0, 0.05) is 29.8 Å². The molecule has 0 saturated carbocycles. The van der Waals surface area contributed by atoms with E-state index in [9.17, 15) is 5.11 Å². The van der Waals surface area contributed by atoms with Gasteiger partial charge in [0.15, 0.2) is 0 Å². The molecule has 0 bridgehead atoms. The topological polar surface area (TPSA) is 45.1 Å². The van der Waals surface area contributed by atoms with Gasteiger partial charge < -0.3 is 9.94 Å². The summed E-state index contributed by atoms with van der Waals surface area (Å²) in [4.78, 5) is 8.01. The standard InChI is InChI=1S/C23H28N2O2/c1-16-8-7-9-17(2)25(16)14-18(26)15-27-24-23-21-12-5-3-10-19(21)20-11-4-6-13-22(20)23/h3-6,10-13,16-18,26H,7-9,14-15H2,1-2H3/t16-,17-,18+/m1/s1. The van der Waals surface area contributed by atoms with Crippen molar-refractivity contribution in [1.29, 1.82) is 0 Å². The van der Waals surface area contributed by atoms with Crippen LogP contribution in [0.4, 0.5) is 0 Å². The molecule has 0 radical (unpaired) electrons. The average molecular weight is 364 g/mol. The number of nitrogens with zero attached hydrogens (tertiary/aromatic N) is 2. The molecule has 0 spiro atoms. The summed E-state index contributed by atoms with van der Waals surface area (Å²) >= 11 is 0. The molecule has 0 amide bonds. The molecule has 27 heavy (non-hydrogen) atoms. The highest BCUT2D eigenvalue weighted by molar-refractivity contribution is 6.24. The Kier molecular flexibility index (Phi) is 5.28. The molecular formula is C23H28N2O2. The first-order valence-corrected chi connectivity index (χ1v) is 9.98. The van der Waals surface area contributed by atoms with Crippen LogP contribution in [-0.2, 0) is 4.84 Å². The Hall–Kier alpha value is -2.17. The van der Waals surface area contributed by atoms with Crippen LogP contribution < -0.4 is 0 Å². The van der Waals surface area contributed by atoms with E-state index in [2.05, 4.69) is 48.2 Å². The van der Waals surface area contributed by atoms with Crippen LogP contribution >= 0.6 is 0 Å². The fraction of sp³-hybridized carbons (Fsp3) is 0.435. The number of hydrogen-bond donors (Lipinski definition) is 1. The Labute approximate surface area is 161 Å². The van der Waals surface area contributed by atoms with Crippen LogP contribution in [0.2, 0.25) is 0 Å². The second-order valence-corrected chi connectivity index (χ2v) is 7.81. The fourth-order valence-corrected chi connectivity index (χ4v) is 4.41. The Morgan fingerprint density at radius 2 is 1.48 bits per heavy atom. The minimum Gasteiger partial charge on any atom is -0.392 e. The first-order valence-electron chi connectivity index (χ1n) is 9.98. The summed E-state index contributed by atoms with van der Waals surface area (Å²) in [6.45, 7) is 5.34. The van der Waals surface area contributed by atoms with Crippen molar-refractivity contribution in [3.63, 3.8) is 0 Å². The van der Waals surface area contributed by atoms with Crippen LogP contribution in [0.25, 0.3) is 11.1 Å². The van der Waals surface area contributed by atoms with Gasteiger partial charge in [0.1, 0.15) is 18.4 Å². The minimum atomic E-state index is -0.538. The van der Waals surface area contributed by atoms with Gasteiger partial charge in [-0.15, -0.1) is 0 Å². The lowest BCUT2D eigenvalue weighted by Gasteiger charge is -2.39. The quantitative estimate of drug-likeness (QED) is 0.695. The Morgan fingerprint density at radius 3 is 2.04 bits per heavy atom. The number of piperidine rings is 1. The van der Waals surface area contributed by atoms with E-state index < -0.39 is 6.10 Å². The third-order valence-corrected chi connectivity index (χ3v) is 5.87. The molecule has 0 aromatic heterocycles. The van der Waals surface area contributed by atoms with Gasteiger partial charge in [0.05, 0.1) is 0 Å². The number of benzene rings is 2. The molecule has 3 atom stereocenters. The zero-order chi connectivity index (χ0) is 18.8. The third kappa shape index (κ3) is 3.64. The normalized spacial score (nSPS) is 22.9. The van der Waals surface area contributed by atoms with Gasteiger partial charge in [-0.05, 0) is 37.8 Å². The molecule has 2 aliphatic rings. The number of aliphatic hydroxyl groups excluding tert-OH is 1. The van der Waals surface area contributed by atoms with Crippen molar-refractivity contribution in [3.8, 4) is 11.1 Å². The lowest BCUT2D eigenvalue weighted by Crippen LogP contribution is -2.48. The summed E-state index contributed by atoms with van der Waals surface area (Å²) in [6.07, 6.45) is 3.14. The largest absolute Gasteiger partial charge is 0.392 e. The van der Waals surface area contributed by atoms with E-state index in [0.29, 0.717) is 18.6 Å². The van der Waals surface area contributed by atoms with Crippen molar-refractivity contribution in [2.75, 3.05) is 13.2 Å². The zero-order valence-electron chi connectivity index (χ0n) is 16.1. The number of aliphatic hydroxyl groups is 1. The van der Waals surface area contributed by atoms with Crippen molar-refractivity contribution in [3.05, 3.63) is 59.7 Å². The summed E-state index contributed by atoms with van der Waals surface area (Å²) in [5.41, 5.74) is 5.41. The van der Waals surface area contributed by atoms with Crippen molar-refractivity contribution in [2.24, 2.45) is 5.16 Å². The maximum Gasteiger partial charge on any atom is 0.144 e. The van der Waals surface area contributed by atoms with Gasteiger partial charge in [-0.2, -0.15) is 0 Å². The van der Waals surface area contributed by atoms with Crippen molar-refractivity contribution in [2.45, 2.75) is 51.3 Å². The monoisotopic (exact) mass is 364 g/mol. The average Bonchev–Trinajstić information content (AvgIpc) is 2.99. The summed E-state index contributed by atoms with van der Waals surface area (Å²) in [7, 11) is 0. The number of hydrogen-bond acceptors (Lipinski definition) is 4. The molecule has 1 fully saturated rings. The minimum absolute atomic E-state index is 0.212. The predicted molar refractivity (Wildman–Crippen MR) is 109 cm³/mol. The molecule has 1 aliphatic heterocycles. The first kappa shape index (κ1) is 18.2. The van der Waals surface area contributed by atoms with Crippen LogP contribution in [-0.4, -0.2) is 47.1 Å². The molecule has 1 heterocycles. The van der Waals surface area contributed by atoms with Gasteiger partial charge >= 0.3 is 0 Å². The van der Waals surface area contributed by atoms with Crippen LogP contribution in [0, 0.1) is 0 Å². The molecule has 1 aliphatic carbocycles. The van der Waals surface area contributed by atoms with E-state index in [0.717, 1.165) is 16.8 Å². The third-order valence-electron chi connectivity index (χ3n) is 5.87. The summed E-state index contributed by atoms with van der Waals surface area (Å²) in [5.74, 6) is 0.